The molecule has 0 bridgehead atoms. The molecule has 1 aliphatic heterocycles. The van der Waals surface area contributed by atoms with Gasteiger partial charge >= 0.3 is 15.5 Å². The summed E-state index contributed by atoms with van der Waals surface area (Å²) in [5.41, 5.74) is -6.07. The average molecular weight is 286 g/mol. The number of hydrogen-bond donors (Lipinski definition) is 1. The molecule has 1 saturated carbocycles. The fourth-order valence-corrected chi connectivity index (χ4v) is 4.30. The Hall–Kier alpha value is -0.340. The third kappa shape index (κ3) is 2.25. The van der Waals surface area contributed by atoms with Crippen molar-refractivity contribution in [2.45, 2.75) is 43.2 Å². The molecule has 1 aliphatic carbocycles. The van der Waals surface area contributed by atoms with Gasteiger partial charge in [-0.2, -0.15) is 17.5 Å². The first kappa shape index (κ1) is 14.1. The molecule has 0 aromatic heterocycles. The Labute approximate surface area is 105 Å². The van der Waals surface area contributed by atoms with Crippen molar-refractivity contribution < 1.29 is 21.6 Å². The van der Waals surface area contributed by atoms with Crippen LogP contribution in [0.15, 0.2) is 0 Å². The van der Waals surface area contributed by atoms with Crippen LogP contribution in [0.4, 0.5) is 13.2 Å². The lowest BCUT2D eigenvalue weighted by molar-refractivity contribution is -0.0552. The van der Waals surface area contributed by atoms with Crippen molar-refractivity contribution in [1.82, 2.24) is 9.62 Å². The predicted molar refractivity (Wildman–Crippen MR) is 60.4 cm³/mol. The average Bonchev–Trinajstić information content (AvgIpc) is 2.29. The van der Waals surface area contributed by atoms with Gasteiger partial charge < -0.3 is 5.32 Å². The van der Waals surface area contributed by atoms with Crippen LogP contribution in [0.25, 0.3) is 0 Å². The molecule has 0 aromatic rings. The van der Waals surface area contributed by atoms with Crippen molar-refractivity contribution in [3.63, 3.8) is 0 Å². The molecule has 4 nitrogen and oxygen atoms in total. The summed E-state index contributed by atoms with van der Waals surface area (Å²) in [6.07, 6.45) is 3.55. The summed E-state index contributed by atoms with van der Waals surface area (Å²) in [4.78, 5) is 0. The maximum Gasteiger partial charge on any atom is 0.511 e. The van der Waals surface area contributed by atoms with Gasteiger partial charge in [-0.05, 0) is 12.8 Å². The Morgan fingerprint density at radius 3 is 2.28 bits per heavy atom. The molecule has 18 heavy (non-hydrogen) atoms. The number of nitrogens with zero attached hydrogens (tertiary/aromatic N) is 1. The summed E-state index contributed by atoms with van der Waals surface area (Å²) in [7, 11) is -5.21. The van der Waals surface area contributed by atoms with Gasteiger partial charge in [0.25, 0.3) is 0 Å². The Bertz CT molecular complexity index is 394. The summed E-state index contributed by atoms with van der Waals surface area (Å²) >= 11 is 0. The molecule has 1 N–H and O–H groups in total. The molecule has 1 saturated heterocycles. The van der Waals surface area contributed by atoms with Gasteiger partial charge in [-0.1, -0.05) is 19.3 Å². The first-order chi connectivity index (χ1) is 8.30. The molecule has 2 fully saturated rings. The highest BCUT2D eigenvalue weighted by atomic mass is 32.2. The third-order valence-electron chi connectivity index (χ3n) is 3.84. The van der Waals surface area contributed by atoms with Crippen molar-refractivity contribution in [2.24, 2.45) is 0 Å². The van der Waals surface area contributed by atoms with Crippen molar-refractivity contribution in [3.8, 4) is 0 Å². The molecule has 8 heteroatoms. The van der Waals surface area contributed by atoms with Gasteiger partial charge in [-0.3, -0.25) is 0 Å². The lowest BCUT2D eigenvalue weighted by Gasteiger charge is -2.48. The summed E-state index contributed by atoms with van der Waals surface area (Å²) in [6.45, 7) is 0.501. The van der Waals surface area contributed by atoms with Gasteiger partial charge in [0.15, 0.2) is 0 Å². The first-order valence-corrected chi connectivity index (χ1v) is 7.53. The van der Waals surface area contributed by atoms with Crippen LogP contribution in [0.3, 0.4) is 0 Å². The molecule has 0 amide bonds. The maximum absolute atomic E-state index is 12.7. The largest absolute Gasteiger partial charge is 0.511 e. The number of rotatable bonds is 1. The van der Waals surface area contributed by atoms with Crippen LogP contribution < -0.4 is 5.32 Å². The molecular formula is C10H17F3N2O2S. The molecule has 1 heterocycles. The fourth-order valence-electron chi connectivity index (χ4n) is 2.96. The van der Waals surface area contributed by atoms with Gasteiger partial charge in [0.05, 0.1) is 0 Å². The standard InChI is InChI=1S/C10H17F3N2O2S/c11-10(12,13)18(16,17)15-7-6-14-8-9(15)4-2-1-3-5-9/h14H,1-8H2. The first-order valence-electron chi connectivity index (χ1n) is 6.09. The summed E-state index contributed by atoms with van der Waals surface area (Å²) in [5, 5.41) is 3.03. The highest BCUT2D eigenvalue weighted by Gasteiger charge is 2.56. The van der Waals surface area contributed by atoms with E-state index in [0.717, 1.165) is 19.3 Å². The van der Waals surface area contributed by atoms with E-state index in [1.54, 1.807) is 0 Å². The number of sulfonamides is 1. The van der Waals surface area contributed by atoms with Crippen LogP contribution in [0.1, 0.15) is 32.1 Å². The zero-order valence-corrected chi connectivity index (χ0v) is 10.8. The Morgan fingerprint density at radius 2 is 1.72 bits per heavy atom. The van der Waals surface area contributed by atoms with Crippen molar-refractivity contribution >= 4 is 10.0 Å². The third-order valence-corrected chi connectivity index (χ3v) is 5.58. The van der Waals surface area contributed by atoms with E-state index in [1.807, 2.05) is 0 Å². The number of halogens is 3. The highest BCUT2D eigenvalue weighted by molar-refractivity contribution is 7.90. The van der Waals surface area contributed by atoms with Crippen LogP contribution in [-0.4, -0.2) is 43.4 Å². The van der Waals surface area contributed by atoms with Crippen LogP contribution >= 0.6 is 0 Å². The van der Waals surface area contributed by atoms with Gasteiger partial charge in [-0.15, -0.1) is 0 Å². The minimum Gasteiger partial charge on any atom is -0.314 e. The minimum atomic E-state index is -5.21. The Balaban J connectivity index is 2.34. The Morgan fingerprint density at radius 1 is 1.11 bits per heavy atom. The number of hydrogen-bond acceptors (Lipinski definition) is 3. The zero-order chi connectivity index (χ0) is 13.4. The Kier molecular flexibility index (Phi) is 3.63. The van der Waals surface area contributed by atoms with Crippen LogP contribution in [0.2, 0.25) is 0 Å². The zero-order valence-electron chi connectivity index (χ0n) is 9.96. The van der Waals surface area contributed by atoms with E-state index in [-0.39, 0.29) is 13.1 Å². The molecule has 0 atom stereocenters. The van der Waals surface area contributed by atoms with E-state index < -0.39 is 21.1 Å². The number of nitrogens with one attached hydrogen (secondary N) is 1. The maximum atomic E-state index is 12.7. The van der Waals surface area contributed by atoms with Gasteiger partial charge in [0.1, 0.15) is 0 Å². The fraction of sp³-hybridized carbons (Fsp3) is 1.00. The number of alkyl halides is 3. The van der Waals surface area contributed by atoms with E-state index in [9.17, 15) is 21.6 Å². The smallest absolute Gasteiger partial charge is 0.314 e. The SMILES string of the molecule is O=S(=O)(N1CCNCC12CCCCC2)C(F)(F)F. The van der Waals surface area contributed by atoms with Gasteiger partial charge in [-0.25, -0.2) is 8.42 Å². The summed E-state index contributed by atoms with van der Waals surface area (Å²) in [6, 6.07) is 0. The van der Waals surface area contributed by atoms with Gasteiger partial charge in [0, 0.05) is 25.2 Å². The second kappa shape index (κ2) is 4.64. The van der Waals surface area contributed by atoms with Crippen LogP contribution in [0.5, 0.6) is 0 Å². The molecule has 1 spiro atoms. The van der Waals surface area contributed by atoms with Crippen molar-refractivity contribution in [1.29, 1.82) is 0 Å². The normalized spacial score (nSPS) is 26.4. The molecule has 0 unspecified atom stereocenters. The lowest BCUT2D eigenvalue weighted by atomic mass is 9.80. The van der Waals surface area contributed by atoms with Crippen molar-refractivity contribution in [2.75, 3.05) is 19.6 Å². The second-order valence-corrected chi connectivity index (χ2v) is 6.84. The predicted octanol–water partition coefficient (Wildman–Crippen LogP) is 1.44. The molecule has 106 valence electrons. The highest BCUT2D eigenvalue weighted by Crippen LogP contribution is 2.40. The summed E-state index contributed by atoms with van der Waals surface area (Å²) in [5.74, 6) is 0. The summed E-state index contributed by atoms with van der Waals surface area (Å²) < 4.78 is 62.1. The van der Waals surface area contributed by atoms with Crippen LogP contribution in [0, 0.1) is 0 Å². The van der Waals surface area contributed by atoms with Gasteiger partial charge in [0.2, 0.25) is 0 Å². The quantitative estimate of drug-likeness (QED) is 0.793. The minimum absolute atomic E-state index is 0.0954. The molecular weight excluding hydrogens is 269 g/mol. The van der Waals surface area contributed by atoms with Crippen LogP contribution in [-0.2, 0) is 10.0 Å². The number of piperazine rings is 1. The molecule has 2 aliphatic rings. The second-order valence-electron chi connectivity index (χ2n) is 4.98. The monoisotopic (exact) mass is 286 g/mol. The van der Waals surface area contributed by atoms with E-state index in [4.69, 9.17) is 0 Å². The topological polar surface area (TPSA) is 49.4 Å². The van der Waals surface area contributed by atoms with E-state index in [1.165, 1.54) is 0 Å². The van der Waals surface area contributed by atoms with E-state index in [0.29, 0.717) is 23.7 Å². The molecule has 2 rings (SSSR count). The van der Waals surface area contributed by atoms with E-state index >= 15 is 0 Å². The molecule has 0 aromatic carbocycles. The van der Waals surface area contributed by atoms with Crippen molar-refractivity contribution in [3.05, 3.63) is 0 Å². The van der Waals surface area contributed by atoms with E-state index in [2.05, 4.69) is 5.32 Å². The lowest BCUT2D eigenvalue weighted by Crippen LogP contribution is -2.65. The molecule has 0 radical (unpaired) electrons.